The number of piperidine rings is 1. The van der Waals surface area contributed by atoms with Crippen LogP contribution in [0.3, 0.4) is 0 Å². The third-order valence-electron chi connectivity index (χ3n) is 4.21. The highest BCUT2D eigenvalue weighted by Crippen LogP contribution is 2.20. The van der Waals surface area contributed by atoms with Gasteiger partial charge >= 0.3 is 0 Å². The van der Waals surface area contributed by atoms with E-state index in [-0.39, 0.29) is 12.6 Å². The number of aliphatic hydroxyl groups excluding tert-OH is 1. The number of nitrogens with zero attached hydrogens (tertiary/aromatic N) is 2. The maximum atomic E-state index is 8.91. The molecule has 2 rings (SSSR count). The van der Waals surface area contributed by atoms with Gasteiger partial charge in [0.05, 0.1) is 6.61 Å². The summed E-state index contributed by atoms with van der Waals surface area (Å²) in [5.41, 5.74) is 5.74. The molecule has 100 valence electrons. The summed E-state index contributed by atoms with van der Waals surface area (Å²) in [6.45, 7) is 6.18. The first kappa shape index (κ1) is 13.3. The minimum absolute atomic E-state index is 0.0379. The van der Waals surface area contributed by atoms with Crippen LogP contribution in [-0.4, -0.2) is 66.3 Å². The van der Waals surface area contributed by atoms with Crippen molar-refractivity contribution in [3.8, 4) is 0 Å². The normalized spacial score (nSPS) is 29.6. The van der Waals surface area contributed by atoms with E-state index in [1.807, 2.05) is 0 Å². The number of aliphatic hydroxyl groups is 1. The summed E-state index contributed by atoms with van der Waals surface area (Å²) in [6, 6.07) is 0.740. The standard InChI is InChI=1S/C13H27N3O/c14-12(11-17)4-8-15-9-5-13(10-15)16-6-2-1-3-7-16/h12-13,17H,1-11,14H2. The third-order valence-corrected chi connectivity index (χ3v) is 4.21. The third kappa shape index (κ3) is 3.91. The summed E-state index contributed by atoms with van der Waals surface area (Å²) in [5.74, 6) is 0. The smallest absolute Gasteiger partial charge is 0.0583 e. The van der Waals surface area contributed by atoms with Crippen molar-refractivity contribution in [1.29, 1.82) is 0 Å². The van der Waals surface area contributed by atoms with Crippen molar-refractivity contribution in [3.63, 3.8) is 0 Å². The van der Waals surface area contributed by atoms with Crippen molar-refractivity contribution in [1.82, 2.24) is 9.80 Å². The van der Waals surface area contributed by atoms with Gasteiger partial charge in [-0.1, -0.05) is 6.42 Å². The number of likely N-dealkylation sites (tertiary alicyclic amines) is 2. The highest BCUT2D eigenvalue weighted by atomic mass is 16.3. The fraction of sp³-hybridized carbons (Fsp3) is 1.00. The molecule has 0 saturated carbocycles. The molecule has 0 aliphatic carbocycles. The lowest BCUT2D eigenvalue weighted by atomic mass is 10.1. The Bertz CT molecular complexity index is 219. The zero-order valence-electron chi connectivity index (χ0n) is 10.9. The molecule has 0 aromatic heterocycles. The van der Waals surface area contributed by atoms with Crippen LogP contribution >= 0.6 is 0 Å². The zero-order chi connectivity index (χ0) is 12.1. The minimum atomic E-state index is -0.0379. The molecule has 17 heavy (non-hydrogen) atoms. The van der Waals surface area contributed by atoms with Gasteiger partial charge in [0, 0.05) is 18.6 Å². The molecule has 0 spiro atoms. The van der Waals surface area contributed by atoms with E-state index in [4.69, 9.17) is 10.8 Å². The van der Waals surface area contributed by atoms with Gasteiger partial charge in [0.2, 0.25) is 0 Å². The van der Waals surface area contributed by atoms with Gasteiger partial charge in [0.25, 0.3) is 0 Å². The lowest BCUT2D eigenvalue weighted by Gasteiger charge is -2.32. The predicted molar refractivity (Wildman–Crippen MR) is 69.9 cm³/mol. The van der Waals surface area contributed by atoms with Crippen molar-refractivity contribution in [2.45, 2.75) is 44.2 Å². The molecule has 2 unspecified atom stereocenters. The van der Waals surface area contributed by atoms with Crippen molar-refractivity contribution >= 4 is 0 Å². The largest absolute Gasteiger partial charge is 0.395 e. The summed E-state index contributed by atoms with van der Waals surface area (Å²) >= 11 is 0. The second kappa shape index (κ2) is 6.69. The molecule has 2 fully saturated rings. The summed E-state index contributed by atoms with van der Waals surface area (Å²) in [6.07, 6.45) is 6.41. The quantitative estimate of drug-likeness (QED) is 0.725. The average Bonchev–Trinajstić information content (AvgIpc) is 2.86. The average molecular weight is 241 g/mol. The molecule has 0 amide bonds. The van der Waals surface area contributed by atoms with Crippen LogP contribution in [-0.2, 0) is 0 Å². The van der Waals surface area contributed by atoms with Crippen molar-refractivity contribution < 1.29 is 5.11 Å². The Hall–Kier alpha value is -0.160. The van der Waals surface area contributed by atoms with E-state index in [9.17, 15) is 0 Å². The van der Waals surface area contributed by atoms with Gasteiger partial charge in [-0.3, -0.25) is 4.90 Å². The Morgan fingerprint density at radius 3 is 2.65 bits per heavy atom. The first-order chi connectivity index (χ1) is 8.29. The van der Waals surface area contributed by atoms with Gasteiger partial charge < -0.3 is 15.7 Å². The number of rotatable bonds is 5. The topological polar surface area (TPSA) is 52.7 Å². The Kier molecular flexibility index (Phi) is 5.22. The van der Waals surface area contributed by atoms with E-state index in [1.54, 1.807) is 0 Å². The predicted octanol–water partition coefficient (Wildman–Crippen LogP) is 0.256. The van der Waals surface area contributed by atoms with E-state index in [1.165, 1.54) is 51.9 Å². The van der Waals surface area contributed by atoms with Crippen LogP contribution in [0, 0.1) is 0 Å². The molecule has 0 bridgehead atoms. The van der Waals surface area contributed by atoms with Crippen LogP contribution in [0.1, 0.15) is 32.1 Å². The van der Waals surface area contributed by atoms with Crippen molar-refractivity contribution in [3.05, 3.63) is 0 Å². The fourth-order valence-electron chi connectivity index (χ4n) is 3.04. The maximum Gasteiger partial charge on any atom is 0.0583 e. The molecule has 4 heteroatoms. The van der Waals surface area contributed by atoms with E-state index < -0.39 is 0 Å². The van der Waals surface area contributed by atoms with Crippen LogP contribution in [0.4, 0.5) is 0 Å². The SMILES string of the molecule is NC(CO)CCN1CCC(N2CCCCC2)C1. The van der Waals surface area contributed by atoms with E-state index in [2.05, 4.69) is 9.80 Å². The second-order valence-electron chi connectivity index (χ2n) is 5.57. The van der Waals surface area contributed by atoms with E-state index in [0.717, 1.165) is 19.0 Å². The molecule has 2 aliphatic rings. The monoisotopic (exact) mass is 241 g/mol. The number of hydrogen-bond donors (Lipinski definition) is 2. The number of hydrogen-bond acceptors (Lipinski definition) is 4. The Labute approximate surface area is 105 Å². The molecule has 2 saturated heterocycles. The summed E-state index contributed by atoms with van der Waals surface area (Å²) in [7, 11) is 0. The molecule has 2 heterocycles. The molecule has 0 radical (unpaired) electrons. The van der Waals surface area contributed by atoms with E-state index >= 15 is 0 Å². The summed E-state index contributed by atoms with van der Waals surface area (Å²) in [4.78, 5) is 5.18. The van der Waals surface area contributed by atoms with E-state index in [0.29, 0.717) is 0 Å². The van der Waals surface area contributed by atoms with Crippen LogP contribution in [0.25, 0.3) is 0 Å². The van der Waals surface area contributed by atoms with Gasteiger partial charge in [0.1, 0.15) is 0 Å². The van der Waals surface area contributed by atoms with Crippen LogP contribution in [0.2, 0.25) is 0 Å². The summed E-state index contributed by atoms with van der Waals surface area (Å²) in [5, 5.41) is 8.91. The van der Waals surface area contributed by atoms with Gasteiger partial charge in [0.15, 0.2) is 0 Å². The minimum Gasteiger partial charge on any atom is -0.395 e. The molecule has 4 nitrogen and oxygen atoms in total. The molecular weight excluding hydrogens is 214 g/mol. The molecule has 3 N–H and O–H groups in total. The first-order valence-corrected chi connectivity index (χ1v) is 7.12. The second-order valence-corrected chi connectivity index (χ2v) is 5.57. The van der Waals surface area contributed by atoms with Crippen LogP contribution in [0.15, 0.2) is 0 Å². The molecule has 2 aliphatic heterocycles. The maximum absolute atomic E-state index is 8.91. The highest BCUT2D eigenvalue weighted by molar-refractivity contribution is 4.85. The Morgan fingerprint density at radius 2 is 1.94 bits per heavy atom. The molecule has 0 aromatic rings. The van der Waals surface area contributed by atoms with Crippen molar-refractivity contribution in [2.75, 3.05) is 39.3 Å². The molecular formula is C13H27N3O. The Balaban J connectivity index is 1.67. The van der Waals surface area contributed by atoms with Gasteiger partial charge in [-0.15, -0.1) is 0 Å². The fourth-order valence-corrected chi connectivity index (χ4v) is 3.04. The molecule has 0 aromatic carbocycles. The van der Waals surface area contributed by atoms with Gasteiger partial charge in [-0.2, -0.15) is 0 Å². The zero-order valence-corrected chi connectivity index (χ0v) is 10.9. The Morgan fingerprint density at radius 1 is 1.18 bits per heavy atom. The highest BCUT2D eigenvalue weighted by Gasteiger charge is 2.28. The summed E-state index contributed by atoms with van der Waals surface area (Å²) < 4.78 is 0. The van der Waals surface area contributed by atoms with Crippen LogP contribution in [0.5, 0.6) is 0 Å². The van der Waals surface area contributed by atoms with Gasteiger partial charge in [-0.25, -0.2) is 0 Å². The van der Waals surface area contributed by atoms with Crippen LogP contribution < -0.4 is 5.73 Å². The van der Waals surface area contributed by atoms with Gasteiger partial charge in [-0.05, 0) is 51.9 Å². The molecule has 2 atom stereocenters. The lowest BCUT2D eigenvalue weighted by Crippen LogP contribution is -2.41. The van der Waals surface area contributed by atoms with Crippen molar-refractivity contribution in [2.24, 2.45) is 5.73 Å². The number of nitrogens with two attached hydrogens (primary N) is 1. The lowest BCUT2D eigenvalue weighted by molar-refractivity contribution is 0.160. The first-order valence-electron chi connectivity index (χ1n) is 7.12.